The summed E-state index contributed by atoms with van der Waals surface area (Å²) in [4.78, 5) is 11.9. The number of allylic oxidation sites excluding steroid dienone is 1. The molecule has 0 aliphatic heterocycles. The second-order valence-electron chi connectivity index (χ2n) is 5.41. The van der Waals surface area contributed by atoms with Crippen molar-refractivity contribution in [1.29, 1.82) is 0 Å². The number of hydrogen-bond acceptors (Lipinski definition) is 3. The summed E-state index contributed by atoms with van der Waals surface area (Å²) in [6, 6.07) is 0. The standard InChI is InChI=1S/C15H28O3/c1-7-18-10-14(15(16)17-6)13(8-11(2)3)9-12(4)5/h11-12H,7-10H2,1-6H3. The summed E-state index contributed by atoms with van der Waals surface area (Å²) < 4.78 is 10.3. The zero-order valence-corrected chi connectivity index (χ0v) is 12.7. The van der Waals surface area contributed by atoms with Gasteiger partial charge in [0.05, 0.1) is 19.3 Å². The highest BCUT2D eigenvalue weighted by molar-refractivity contribution is 5.89. The van der Waals surface area contributed by atoms with E-state index in [1.807, 2.05) is 6.92 Å². The molecule has 0 aliphatic carbocycles. The van der Waals surface area contributed by atoms with E-state index >= 15 is 0 Å². The molecule has 0 saturated heterocycles. The van der Waals surface area contributed by atoms with Gasteiger partial charge in [0, 0.05) is 6.61 Å². The van der Waals surface area contributed by atoms with Gasteiger partial charge in [-0.1, -0.05) is 33.3 Å². The molecule has 0 bridgehead atoms. The minimum Gasteiger partial charge on any atom is -0.466 e. The number of methoxy groups -OCH3 is 1. The van der Waals surface area contributed by atoms with Crippen molar-refractivity contribution in [2.75, 3.05) is 20.3 Å². The minimum atomic E-state index is -0.250. The molecule has 0 radical (unpaired) electrons. The predicted octanol–water partition coefficient (Wildman–Crippen LogP) is 3.58. The maximum atomic E-state index is 11.9. The van der Waals surface area contributed by atoms with Crippen LogP contribution in [0.15, 0.2) is 11.1 Å². The van der Waals surface area contributed by atoms with Crippen molar-refractivity contribution >= 4 is 5.97 Å². The number of ether oxygens (including phenoxy) is 2. The summed E-state index contributed by atoms with van der Waals surface area (Å²) in [5.74, 6) is 0.805. The zero-order valence-electron chi connectivity index (χ0n) is 12.7. The minimum absolute atomic E-state index is 0.250. The van der Waals surface area contributed by atoms with Gasteiger partial charge in [-0.3, -0.25) is 0 Å². The van der Waals surface area contributed by atoms with Crippen LogP contribution in [0.25, 0.3) is 0 Å². The summed E-state index contributed by atoms with van der Waals surface area (Å²) in [6.07, 6.45) is 1.85. The second-order valence-corrected chi connectivity index (χ2v) is 5.41. The lowest BCUT2D eigenvalue weighted by Gasteiger charge is -2.17. The summed E-state index contributed by atoms with van der Waals surface area (Å²) in [7, 11) is 1.43. The highest BCUT2D eigenvalue weighted by Crippen LogP contribution is 2.23. The fourth-order valence-electron chi connectivity index (χ4n) is 1.95. The van der Waals surface area contributed by atoms with Gasteiger partial charge >= 0.3 is 5.97 Å². The highest BCUT2D eigenvalue weighted by Gasteiger charge is 2.18. The van der Waals surface area contributed by atoms with Gasteiger partial charge in [-0.2, -0.15) is 0 Å². The SMILES string of the molecule is CCOCC(C(=O)OC)=C(CC(C)C)CC(C)C. The van der Waals surface area contributed by atoms with E-state index in [-0.39, 0.29) is 5.97 Å². The van der Waals surface area contributed by atoms with Gasteiger partial charge in [0.15, 0.2) is 0 Å². The number of esters is 1. The Morgan fingerprint density at radius 1 is 1.06 bits per heavy atom. The second kappa shape index (κ2) is 9.15. The van der Waals surface area contributed by atoms with Crippen LogP contribution in [-0.4, -0.2) is 26.3 Å². The summed E-state index contributed by atoms with van der Waals surface area (Å²) in [5.41, 5.74) is 1.89. The molecule has 0 aromatic carbocycles. The lowest BCUT2D eigenvalue weighted by Crippen LogP contribution is -2.15. The van der Waals surface area contributed by atoms with Crippen LogP contribution in [0, 0.1) is 11.8 Å². The average molecular weight is 256 g/mol. The van der Waals surface area contributed by atoms with Crippen molar-refractivity contribution in [3.8, 4) is 0 Å². The van der Waals surface area contributed by atoms with E-state index in [0.29, 0.717) is 30.6 Å². The Morgan fingerprint density at radius 3 is 1.89 bits per heavy atom. The molecule has 0 heterocycles. The van der Waals surface area contributed by atoms with Crippen molar-refractivity contribution in [2.45, 2.75) is 47.5 Å². The van der Waals surface area contributed by atoms with Crippen molar-refractivity contribution < 1.29 is 14.3 Å². The maximum absolute atomic E-state index is 11.9. The van der Waals surface area contributed by atoms with E-state index in [1.54, 1.807) is 0 Å². The molecule has 3 nitrogen and oxygen atoms in total. The highest BCUT2D eigenvalue weighted by atomic mass is 16.5. The smallest absolute Gasteiger partial charge is 0.336 e. The van der Waals surface area contributed by atoms with Crippen molar-refractivity contribution in [3.05, 3.63) is 11.1 Å². The molecule has 0 fully saturated rings. The predicted molar refractivity (Wildman–Crippen MR) is 74.4 cm³/mol. The normalized spacial score (nSPS) is 10.9. The number of carbonyl (C=O) groups is 1. The molecule has 0 spiro atoms. The summed E-state index contributed by atoms with van der Waals surface area (Å²) in [5, 5.41) is 0. The van der Waals surface area contributed by atoms with Crippen molar-refractivity contribution in [1.82, 2.24) is 0 Å². The summed E-state index contributed by atoms with van der Waals surface area (Å²) in [6.45, 7) is 11.5. The van der Waals surface area contributed by atoms with Gasteiger partial charge in [0.1, 0.15) is 0 Å². The van der Waals surface area contributed by atoms with Crippen LogP contribution < -0.4 is 0 Å². The molecule has 0 atom stereocenters. The number of hydrogen-bond donors (Lipinski definition) is 0. The van der Waals surface area contributed by atoms with Crippen molar-refractivity contribution in [2.24, 2.45) is 11.8 Å². The Hall–Kier alpha value is -0.830. The monoisotopic (exact) mass is 256 g/mol. The Kier molecular flexibility index (Phi) is 8.73. The van der Waals surface area contributed by atoms with Crippen LogP contribution in [0.2, 0.25) is 0 Å². The largest absolute Gasteiger partial charge is 0.466 e. The topological polar surface area (TPSA) is 35.5 Å². The Labute approximate surface area is 112 Å². The van der Waals surface area contributed by atoms with Gasteiger partial charge in [0.25, 0.3) is 0 Å². The van der Waals surface area contributed by atoms with E-state index in [0.717, 1.165) is 12.8 Å². The van der Waals surface area contributed by atoms with Gasteiger partial charge in [-0.15, -0.1) is 0 Å². The maximum Gasteiger partial charge on any atom is 0.336 e. The van der Waals surface area contributed by atoms with Gasteiger partial charge in [-0.05, 0) is 31.6 Å². The lowest BCUT2D eigenvalue weighted by atomic mass is 9.91. The first kappa shape index (κ1) is 17.2. The zero-order chi connectivity index (χ0) is 14.1. The molecule has 0 unspecified atom stereocenters. The fourth-order valence-corrected chi connectivity index (χ4v) is 1.95. The van der Waals surface area contributed by atoms with E-state index in [2.05, 4.69) is 27.7 Å². The molecule has 0 N–H and O–H groups in total. The summed E-state index contributed by atoms with van der Waals surface area (Å²) >= 11 is 0. The van der Waals surface area contributed by atoms with E-state index in [1.165, 1.54) is 12.7 Å². The average Bonchev–Trinajstić information content (AvgIpc) is 2.27. The van der Waals surface area contributed by atoms with Gasteiger partial charge < -0.3 is 9.47 Å². The molecule has 0 rings (SSSR count). The van der Waals surface area contributed by atoms with E-state index < -0.39 is 0 Å². The van der Waals surface area contributed by atoms with E-state index in [9.17, 15) is 4.79 Å². The number of rotatable bonds is 8. The molecular weight excluding hydrogens is 228 g/mol. The van der Waals surface area contributed by atoms with Crippen LogP contribution in [0.3, 0.4) is 0 Å². The fraction of sp³-hybridized carbons (Fsp3) is 0.800. The first-order valence-electron chi connectivity index (χ1n) is 6.79. The van der Waals surface area contributed by atoms with Crippen LogP contribution >= 0.6 is 0 Å². The lowest BCUT2D eigenvalue weighted by molar-refractivity contribution is -0.136. The third-order valence-electron chi connectivity index (χ3n) is 2.62. The van der Waals surface area contributed by atoms with Gasteiger partial charge in [0.2, 0.25) is 0 Å². The Bertz CT molecular complexity index is 265. The first-order valence-corrected chi connectivity index (χ1v) is 6.79. The van der Waals surface area contributed by atoms with Crippen LogP contribution in [0.1, 0.15) is 47.5 Å². The van der Waals surface area contributed by atoms with Crippen LogP contribution in [0.5, 0.6) is 0 Å². The van der Waals surface area contributed by atoms with Crippen LogP contribution in [-0.2, 0) is 14.3 Å². The van der Waals surface area contributed by atoms with Gasteiger partial charge in [-0.25, -0.2) is 4.79 Å². The first-order chi connectivity index (χ1) is 8.42. The molecular formula is C15H28O3. The Balaban J connectivity index is 5.14. The quantitative estimate of drug-likeness (QED) is 0.492. The molecule has 18 heavy (non-hydrogen) atoms. The molecule has 3 heteroatoms. The molecule has 106 valence electrons. The molecule has 0 saturated carbocycles. The molecule has 0 amide bonds. The third kappa shape index (κ3) is 6.80. The third-order valence-corrected chi connectivity index (χ3v) is 2.62. The van der Waals surface area contributed by atoms with Crippen LogP contribution in [0.4, 0.5) is 0 Å². The molecule has 0 aromatic heterocycles. The van der Waals surface area contributed by atoms with E-state index in [4.69, 9.17) is 9.47 Å². The number of carbonyl (C=O) groups excluding carboxylic acids is 1. The Morgan fingerprint density at radius 2 is 1.56 bits per heavy atom. The molecule has 0 aromatic rings. The molecule has 0 aliphatic rings. The van der Waals surface area contributed by atoms with Crippen molar-refractivity contribution in [3.63, 3.8) is 0 Å².